The first-order chi connectivity index (χ1) is 14.0. The molecular weight excluding hydrogens is 470 g/mol. The molecule has 0 saturated heterocycles. The van der Waals surface area contributed by atoms with Crippen molar-refractivity contribution in [3.63, 3.8) is 0 Å². The zero-order chi connectivity index (χ0) is 23.6. The predicted molar refractivity (Wildman–Crippen MR) is 118 cm³/mol. The summed E-state index contributed by atoms with van der Waals surface area (Å²) in [6.45, 7) is 9.77. The van der Waals surface area contributed by atoms with Crippen LogP contribution in [0.2, 0.25) is 29.7 Å². The van der Waals surface area contributed by atoms with Crippen LogP contribution in [0.3, 0.4) is 0 Å². The van der Waals surface area contributed by atoms with Crippen LogP contribution >= 0.6 is 23.2 Å². The summed E-state index contributed by atoms with van der Waals surface area (Å²) in [5.41, 5.74) is -2.54. The second-order valence-electron chi connectivity index (χ2n) is 9.89. The summed E-state index contributed by atoms with van der Waals surface area (Å²) < 4.78 is 56.5. The summed E-state index contributed by atoms with van der Waals surface area (Å²) in [6.07, 6.45) is -4.78. The van der Waals surface area contributed by atoms with Crippen molar-refractivity contribution in [1.29, 1.82) is 0 Å². The third kappa shape index (κ3) is 4.36. The van der Waals surface area contributed by atoms with Crippen LogP contribution in [0.15, 0.2) is 12.1 Å². The fourth-order valence-electron chi connectivity index (χ4n) is 4.03. The summed E-state index contributed by atoms with van der Waals surface area (Å²) in [5, 5.41) is 1.03. The van der Waals surface area contributed by atoms with Gasteiger partial charge in [-0.3, -0.25) is 4.79 Å². The fraction of sp³-hybridized carbons (Fsp3) is 0.571. The smallest absolute Gasteiger partial charge is 0.422 e. The number of aromatic nitrogens is 1. The highest BCUT2D eigenvalue weighted by atomic mass is 35.5. The minimum Gasteiger partial charge on any atom is -0.443 e. The highest BCUT2D eigenvalue weighted by Gasteiger charge is 2.63. The zero-order valence-electron chi connectivity index (χ0n) is 18.3. The van der Waals surface area contributed by atoms with Crippen molar-refractivity contribution in [3.05, 3.63) is 33.4 Å². The first-order valence-corrected chi connectivity index (χ1v) is 14.1. The lowest BCUT2D eigenvalue weighted by atomic mass is 9.97. The number of aryl methyl sites for hydroxylation is 1. The molecule has 1 aliphatic carbocycles. The van der Waals surface area contributed by atoms with Gasteiger partial charge in [0, 0.05) is 10.4 Å². The lowest BCUT2D eigenvalue weighted by Crippen LogP contribution is -2.50. The number of carbonyl (C=O) groups excluding carboxylic acids is 1. The van der Waals surface area contributed by atoms with E-state index >= 15 is 0 Å². The maximum Gasteiger partial charge on any atom is 0.422 e. The number of rotatable bonds is 4. The van der Waals surface area contributed by atoms with Gasteiger partial charge in [-0.1, -0.05) is 23.2 Å². The lowest BCUT2D eigenvalue weighted by Gasteiger charge is -2.39. The van der Waals surface area contributed by atoms with Crippen LogP contribution in [0.25, 0.3) is 10.9 Å². The van der Waals surface area contributed by atoms with Gasteiger partial charge < -0.3 is 13.7 Å². The van der Waals surface area contributed by atoms with Crippen molar-refractivity contribution in [2.75, 3.05) is 0 Å². The van der Waals surface area contributed by atoms with Gasteiger partial charge in [-0.2, -0.15) is 13.2 Å². The molecule has 0 bridgehead atoms. The number of hydrogen-bond donors (Lipinski definition) is 0. The molecule has 10 heteroatoms. The van der Waals surface area contributed by atoms with Crippen LogP contribution in [0.1, 0.15) is 38.4 Å². The molecule has 0 fully saturated rings. The highest BCUT2D eigenvalue weighted by Crippen LogP contribution is 2.55. The Morgan fingerprint density at radius 2 is 1.81 bits per heavy atom. The molecule has 1 aliphatic rings. The molecule has 1 aromatic heterocycles. The number of esters is 1. The fourth-order valence-corrected chi connectivity index (χ4v) is 5.99. The molecule has 31 heavy (non-hydrogen) atoms. The third-order valence-corrected chi connectivity index (χ3v) is 6.63. The third-order valence-electron chi connectivity index (χ3n) is 5.16. The van der Waals surface area contributed by atoms with E-state index in [2.05, 4.69) is 0 Å². The molecule has 0 radical (unpaired) electrons. The second-order valence-corrected chi connectivity index (χ2v) is 15.2. The van der Waals surface area contributed by atoms with Crippen LogP contribution < -0.4 is 0 Å². The Hall–Kier alpha value is -1.22. The van der Waals surface area contributed by atoms with Crippen molar-refractivity contribution in [3.8, 4) is 0 Å². The number of nitrogens with zero attached hydrogens (tertiary/aromatic N) is 1. The summed E-state index contributed by atoms with van der Waals surface area (Å²) in [5.74, 6) is -0.532. The van der Waals surface area contributed by atoms with Crippen molar-refractivity contribution in [2.24, 2.45) is 5.41 Å². The van der Waals surface area contributed by atoms with Gasteiger partial charge in [-0.15, -0.1) is 0 Å². The molecule has 1 atom stereocenters. The Morgan fingerprint density at radius 3 is 2.32 bits per heavy atom. The molecule has 0 saturated carbocycles. The maximum atomic E-state index is 14.6. The van der Waals surface area contributed by atoms with Gasteiger partial charge in [0.2, 0.25) is 0 Å². The number of alkyl halides is 3. The van der Waals surface area contributed by atoms with E-state index in [0.29, 0.717) is 21.5 Å². The molecule has 3 rings (SSSR count). The number of halogens is 5. The summed E-state index contributed by atoms with van der Waals surface area (Å²) >= 11 is 12.6. The normalized spacial score (nSPS) is 19.7. The summed E-state index contributed by atoms with van der Waals surface area (Å²) in [7, 11) is -2.64. The van der Waals surface area contributed by atoms with Gasteiger partial charge in [0.05, 0.1) is 21.6 Å². The average molecular weight is 496 g/mol. The zero-order valence-corrected chi connectivity index (χ0v) is 20.8. The minimum absolute atomic E-state index is 0.0525. The van der Waals surface area contributed by atoms with Crippen molar-refractivity contribution in [1.82, 2.24) is 4.57 Å². The van der Waals surface area contributed by atoms with E-state index in [4.69, 9.17) is 32.4 Å². The Kier molecular flexibility index (Phi) is 6.05. The largest absolute Gasteiger partial charge is 0.443 e. The molecule has 0 amide bonds. The minimum atomic E-state index is -4.67. The molecule has 0 aliphatic heterocycles. The molecule has 172 valence electrons. The van der Waals surface area contributed by atoms with Crippen molar-refractivity contribution in [2.45, 2.75) is 71.8 Å². The number of carbonyl (C=O) groups is 1. The van der Waals surface area contributed by atoms with Crippen LogP contribution in [-0.4, -0.2) is 25.0 Å². The maximum absolute atomic E-state index is 14.6. The molecule has 4 nitrogen and oxygen atoms in total. The molecule has 0 spiro atoms. The second kappa shape index (κ2) is 7.68. The first kappa shape index (κ1) is 24.4. The van der Waals surface area contributed by atoms with E-state index in [1.54, 1.807) is 46.5 Å². The van der Waals surface area contributed by atoms with Crippen molar-refractivity contribution < 1.29 is 27.1 Å². The topological polar surface area (TPSA) is 40.5 Å². The van der Waals surface area contributed by atoms with E-state index in [1.807, 2.05) is 0 Å². The van der Waals surface area contributed by atoms with Gasteiger partial charge in [-0.05, 0) is 71.0 Å². The monoisotopic (exact) mass is 495 g/mol. The number of ether oxygens (including phenoxy) is 1. The van der Waals surface area contributed by atoms with E-state index in [0.717, 1.165) is 0 Å². The van der Waals surface area contributed by atoms with E-state index in [-0.39, 0.29) is 23.6 Å². The molecule has 2 aromatic rings. The van der Waals surface area contributed by atoms with Gasteiger partial charge in [0.25, 0.3) is 0 Å². The Bertz CT molecular complexity index is 1040. The molecule has 1 heterocycles. The lowest BCUT2D eigenvalue weighted by molar-refractivity contribution is -0.260. The average Bonchev–Trinajstić information content (AvgIpc) is 3.07. The molecule has 1 aromatic carbocycles. The Balaban J connectivity index is 2.30. The number of benzene rings is 1. The Morgan fingerprint density at radius 1 is 1.19 bits per heavy atom. The van der Waals surface area contributed by atoms with Gasteiger partial charge in [0.15, 0.2) is 20.6 Å². The highest BCUT2D eigenvalue weighted by molar-refractivity contribution is 6.69. The van der Waals surface area contributed by atoms with Gasteiger partial charge >= 0.3 is 12.1 Å². The standard InChI is InChI=1S/C21H26Cl2F3NO3Si/c1-19(2,3)18(28)29-11-27-16-14(9-12(22)10-15(16)23)13-7-8-20(17(13)27,21(24,25)26)30-31(4,5)6/h9-10H,7-8,11H2,1-6H3. The van der Waals surface area contributed by atoms with Gasteiger partial charge in [-0.25, -0.2) is 0 Å². The van der Waals surface area contributed by atoms with E-state index in [9.17, 15) is 18.0 Å². The summed E-state index contributed by atoms with van der Waals surface area (Å²) in [4.78, 5) is 12.4. The quantitative estimate of drug-likeness (QED) is 0.337. The van der Waals surface area contributed by atoms with Gasteiger partial charge in [0.1, 0.15) is 0 Å². The SMILES string of the molecule is CC(C)(C)C(=O)OCn1c2c(c3cc(Cl)cc(Cl)c31)CCC2(O[Si](C)(C)C)C(F)(F)F. The van der Waals surface area contributed by atoms with E-state index < -0.39 is 38.2 Å². The molecular formula is C21H26Cl2F3NO3Si. The Labute approximate surface area is 190 Å². The molecule has 1 unspecified atom stereocenters. The molecule has 0 N–H and O–H groups in total. The van der Waals surface area contributed by atoms with Crippen LogP contribution in [-0.2, 0) is 32.7 Å². The van der Waals surface area contributed by atoms with Crippen molar-refractivity contribution >= 4 is 48.4 Å². The van der Waals surface area contributed by atoms with Crippen LogP contribution in [0.5, 0.6) is 0 Å². The van der Waals surface area contributed by atoms with E-state index in [1.165, 1.54) is 10.6 Å². The number of fused-ring (bicyclic) bond motifs is 3. The first-order valence-electron chi connectivity index (χ1n) is 9.93. The predicted octanol–water partition coefficient (Wildman–Crippen LogP) is 7.05. The number of hydrogen-bond acceptors (Lipinski definition) is 3. The summed E-state index contributed by atoms with van der Waals surface area (Å²) in [6, 6.07) is 3.07. The van der Waals surface area contributed by atoms with Crippen LogP contribution in [0, 0.1) is 5.41 Å². The van der Waals surface area contributed by atoms with Crippen LogP contribution in [0.4, 0.5) is 13.2 Å².